The maximum atomic E-state index is 5.69. The molecule has 1 aromatic carbocycles. The molecule has 4 heteroatoms. The molecule has 4 nitrogen and oxygen atoms in total. The Balaban J connectivity index is 2.47. The van der Waals surface area contributed by atoms with E-state index in [4.69, 9.17) is 16.2 Å². The number of anilines is 3. The van der Waals surface area contributed by atoms with E-state index in [2.05, 4.69) is 5.32 Å². The van der Waals surface area contributed by atoms with Crippen LogP contribution in [0.25, 0.3) is 0 Å². The summed E-state index contributed by atoms with van der Waals surface area (Å²) in [5.74, 6) is 0. The summed E-state index contributed by atoms with van der Waals surface area (Å²) in [6.07, 6.45) is 0.189. The van der Waals surface area contributed by atoms with Gasteiger partial charge in [0.15, 0.2) is 0 Å². The lowest BCUT2D eigenvalue weighted by molar-refractivity contribution is 0.0855. The SMILES string of the molecule is CCOC(C)CNc1ccc(N)c(N)c1. The van der Waals surface area contributed by atoms with Gasteiger partial charge in [-0.15, -0.1) is 0 Å². The van der Waals surface area contributed by atoms with Crippen LogP contribution < -0.4 is 16.8 Å². The van der Waals surface area contributed by atoms with Gasteiger partial charge in [-0.25, -0.2) is 0 Å². The van der Waals surface area contributed by atoms with E-state index < -0.39 is 0 Å². The second-order valence-electron chi connectivity index (χ2n) is 3.49. The third-order valence-corrected chi connectivity index (χ3v) is 2.13. The summed E-state index contributed by atoms with van der Waals surface area (Å²) >= 11 is 0. The molecule has 15 heavy (non-hydrogen) atoms. The standard InChI is InChI=1S/C11H19N3O/c1-3-15-8(2)7-14-9-4-5-10(12)11(13)6-9/h4-6,8,14H,3,7,12-13H2,1-2H3. The topological polar surface area (TPSA) is 73.3 Å². The van der Waals surface area contributed by atoms with Gasteiger partial charge < -0.3 is 21.5 Å². The molecule has 0 saturated heterocycles. The van der Waals surface area contributed by atoms with Crippen molar-refractivity contribution in [3.8, 4) is 0 Å². The van der Waals surface area contributed by atoms with E-state index in [1.165, 1.54) is 0 Å². The zero-order chi connectivity index (χ0) is 11.3. The van der Waals surface area contributed by atoms with E-state index >= 15 is 0 Å². The normalized spacial score (nSPS) is 12.4. The van der Waals surface area contributed by atoms with Crippen LogP contribution in [-0.2, 0) is 4.74 Å². The highest BCUT2D eigenvalue weighted by molar-refractivity contribution is 5.69. The first-order chi connectivity index (χ1) is 7.13. The van der Waals surface area contributed by atoms with Crippen molar-refractivity contribution in [1.29, 1.82) is 0 Å². The summed E-state index contributed by atoms with van der Waals surface area (Å²) in [4.78, 5) is 0. The predicted molar refractivity (Wildman–Crippen MR) is 64.8 cm³/mol. The van der Waals surface area contributed by atoms with Gasteiger partial charge in [-0.05, 0) is 32.0 Å². The zero-order valence-corrected chi connectivity index (χ0v) is 9.29. The van der Waals surface area contributed by atoms with Crippen molar-refractivity contribution in [3.63, 3.8) is 0 Å². The Kier molecular flexibility index (Phi) is 4.24. The summed E-state index contributed by atoms with van der Waals surface area (Å²) in [5.41, 5.74) is 13.5. The molecule has 0 radical (unpaired) electrons. The van der Waals surface area contributed by atoms with Crippen LogP contribution in [0.2, 0.25) is 0 Å². The Morgan fingerprint density at radius 3 is 2.67 bits per heavy atom. The van der Waals surface area contributed by atoms with Crippen molar-refractivity contribution in [3.05, 3.63) is 18.2 Å². The summed E-state index contributed by atoms with van der Waals surface area (Å²) in [6.45, 7) is 5.50. The van der Waals surface area contributed by atoms with E-state index in [0.717, 1.165) is 18.8 Å². The largest absolute Gasteiger partial charge is 0.397 e. The highest BCUT2D eigenvalue weighted by Gasteiger charge is 2.01. The number of ether oxygens (including phenoxy) is 1. The molecule has 0 amide bonds. The zero-order valence-electron chi connectivity index (χ0n) is 9.29. The summed E-state index contributed by atoms with van der Waals surface area (Å²) < 4.78 is 5.40. The molecule has 0 spiro atoms. The fourth-order valence-electron chi connectivity index (χ4n) is 1.29. The van der Waals surface area contributed by atoms with Crippen molar-refractivity contribution >= 4 is 17.1 Å². The van der Waals surface area contributed by atoms with Crippen LogP contribution in [0.1, 0.15) is 13.8 Å². The second-order valence-corrected chi connectivity index (χ2v) is 3.49. The van der Waals surface area contributed by atoms with Gasteiger partial charge in [0, 0.05) is 18.8 Å². The molecule has 0 aliphatic carbocycles. The van der Waals surface area contributed by atoms with Crippen LogP contribution >= 0.6 is 0 Å². The maximum Gasteiger partial charge on any atom is 0.0719 e. The van der Waals surface area contributed by atoms with Crippen LogP contribution in [-0.4, -0.2) is 19.3 Å². The monoisotopic (exact) mass is 209 g/mol. The molecule has 0 bridgehead atoms. The fourth-order valence-corrected chi connectivity index (χ4v) is 1.29. The summed E-state index contributed by atoms with van der Waals surface area (Å²) in [6, 6.07) is 5.53. The minimum atomic E-state index is 0.189. The van der Waals surface area contributed by atoms with Gasteiger partial charge in [0.1, 0.15) is 0 Å². The number of hydrogen-bond acceptors (Lipinski definition) is 4. The molecule has 0 saturated carbocycles. The number of nitrogen functional groups attached to an aromatic ring is 2. The molecule has 1 aromatic rings. The first-order valence-electron chi connectivity index (χ1n) is 5.14. The van der Waals surface area contributed by atoms with Crippen molar-refractivity contribution in [2.75, 3.05) is 29.9 Å². The molecule has 0 aliphatic heterocycles. The van der Waals surface area contributed by atoms with Crippen molar-refractivity contribution in [2.45, 2.75) is 20.0 Å². The van der Waals surface area contributed by atoms with Gasteiger partial charge in [-0.2, -0.15) is 0 Å². The molecule has 0 heterocycles. The third kappa shape index (κ3) is 3.67. The first kappa shape index (κ1) is 11.7. The van der Waals surface area contributed by atoms with Crippen LogP contribution in [0.15, 0.2) is 18.2 Å². The quantitative estimate of drug-likeness (QED) is 0.645. The molecule has 5 N–H and O–H groups in total. The third-order valence-electron chi connectivity index (χ3n) is 2.13. The highest BCUT2D eigenvalue weighted by atomic mass is 16.5. The first-order valence-corrected chi connectivity index (χ1v) is 5.14. The van der Waals surface area contributed by atoms with Gasteiger partial charge in [-0.1, -0.05) is 0 Å². The van der Waals surface area contributed by atoms with E-state index in [9.17, 15) is 0 Å². The Labute approximate surface area is 90.6 Å². The van der Waals surface area contributed by atoms with Gasteiger partial charge in [0.25, 0.3) is 0 Å². The van der Waals surface area contributed by atoms with Crippen LogP contribution in [0.3, 0.4) is 0 Å². The van der Waals surface area contributed by atoms with Gasteiger partial charge in [0.05, 0.1) is 17.5 Å². The minimum absolute atomic E-state index is 0.189. The fraction of sp³-hybridized carbons (Fsp3) is 0.455. The van der Waals surface area contributed by atoms with E-state index in [0.29, 0.717) is 11.4 Å². The number of benzene rings is 1. The molecule has 0 fully saturated rings. The molecule has 84 valence electrons. The molecule has 1 atom stereocenters. The van der Waals surface area contributed by atoms with Gasteiger partial charge in [0.2, 0.25) is 0 Å². The Hall–Kier alpha value is -1.42. The van der Waals surface area contributed by atoms with Gasteiger partial charge in [-0.3, -0.25) is 0 Å². The van der Waals surface area contributed by atoms with E-state index in [-0.39, 0.29) is 6.10 Å². The molecule has 0 aliphatic rings. The minimum Gasteiger partial charge on any atom is -0.397 e. The van der Waals surface area contributed by atoms with Crippen molar-refractivity contribution < 1.29 is 4.74 Å². The average Bonchev–Trinajstić information content (AvgIpc) is 2.20. The smallest absolute Gasteiger partial charge is 0.0719 e. The lowest BCUT2D eigenvalue weighted by atomic mass is 10.2. The summed E-state index contributed by atoms with van der Waals surface area (Å²) in [7, 11) is 0. The molecule has 1 rings (SSSR count). The van der Waals surface area contributed by atoms with E-state index in [1.807, 2.05) is 26.0 Å². The van der Waals surface area contributed by atoms with Crippen molar-refractivity contribution in [1.82, 2.24) is 0 Å². The second kappa shape index (κ2) is 5.46. The van der Waals surface area contributed by atoms with Crippen LogP contribution in [0.5, 0.6) is 0 Å². The molecule has 1 unspecified atom stereocenters. The highest BCUT2D eigenvalue weighted by Crippen LogP contribution is 2.19. The number of hydrogen-bond donors (Lipinski definition) is 3. The number of nitrogens with one attached hydrogen (secondary N) is 1. The molecule has 0 aromatic heterocycles. The predicted octanol–water partition coefficient (Wildman–Crippen LogP) is 1.69. The van der Waals surface area contributed by atoms with Crippen LogP contribution in [0.4, 0.5) is 17.1 Å². The molecular weight excluding hydrogens is 190 g/mol. The Morgan fingerprint density at radius 1 is 1.33 bits per heavy atom. The maximum absolute atomic E-state index is 5.69. The molecular formula is C11H19N3O. The van der Waals surface area contributed by atoms with E-state index in [1.54, 1.807) is 6.07 Å². The van der Waals surface area contributed by atoms with Crippen molar-refractivity contribution in [2.24, 2.45) is 0 Å². The summed E-state index contributed by atoms with van der Waals surface area (Å²) in [5, 5.41) is 3.24. The van der Waals surface area contributed by atoms with Crippen LogP contribution in [0, 0.1) is 0 Å². The lowest BCUT2D eigenvalue weighted by Crippen LogP contribution is -2.19. The number of nitrogens with two attached hydrogens (primary N) is 2. The van der Waals surface area contributed by atoms with Gasteiger partial charge >= 0.3 is 0 Å². The average molecular weight is 209 g/mol. The Bertz CT molecular complexity index is 315. The number of rotatable bonds is 5. The Morgan fingerprint density at radius 2 is 2.07 bits per heavy atom. The lowest BCUT2D eigenvalue weighted by Gasteiger charge is -2.14.